The van der Waals surface area contributed by atoms with Crippen molar-refractivity contribution in [2.45, 2.75) is 24.3 Å². The lowest BCUT2D eigenvalue weighted by Crippen LogP contribution is -2.15. The maximum atomic E-state index is 14.6. The van der Waals surface area contributed by atoms with Crippen LogP contribution in [0.4, 0.5) is 19.6 Å². The van der Waals surface area contributed by atoms with Crippen molar-refractivity contribution in [2.75, 3.05) is 10.0 Å². The zero-order valence-corrected chi connectivity index (χ0v) is 17.0. The Morgan fingerprint density at radius 3 is 2.54 bits per heavy atom. The molecule has 10 heteroatoms. The molecular formula is C18H16ClF2N3O2S2. The van der Waals surface area contributed by atoms with Gasteiger partial charge in [0, 0.05) is 0 Å². The van der Waals surface area contributed by atoms with Gasteiger partial charge in [0.2, 0.25) is 0 Å². The number of nitrogens with zero attached hydrogens (tertiary/aromatic N) is 1. The van der Waals surface area contributed by atoms with Crippen molar-refractivity contribution in [1.29, 1.82) is 0 Å². The Hall–Kier alpha value is -2.23. The van der Waals surface area contributed by atoms with Crippen LogP contribution >= 0.6 is 22.9 Å². The number of nitrogens with one attached hydrogen (secondary N) is 2. The van der Waals surface area contributed by atoms with Crippen molar-refractivity contribution >= 4 is 43.8 Å². The third-order valence-corrected chi connectivity index (χ3v) is 6.45. The normalized spacial score (nSPS) is 12.6. The minimum atomic E-state index is -4.31. The van der Waals surface area contributed by atoms with E-state index in [4.69, 9.17) is 11.6 Å². The number of thiazole rings is 1. The highest BCUT2D eigenvalue weighted by atomic mass is 35.5. The van der Waals surface area contributed by atoms with Gasteiger partial charge in [0.25, 0.3) is 10.0 Å². The van der Waals surface area contributed by atoms with Crippen LogP contribution in [0, 0.1) is 10.9 Å². The van der Waals surface area contributed by atoms with E-state index in [9.17, 15) is 17.2 Å². The summed E-state index contributed by atoms with van der Waals surface area (Å²) in [5.74, 6) is -0.987. The summed E-state index contributed by atoms with van der Waals surface area (Å²) in [6, 6.07) is 11.5. The SMILES string of the molecule is CC[C@H](Nc1cc(F)c(S(=O)(=O)Nc2ncc(F)s2)cc1Cl)c1ccccc1. The van der Waals surface area contributed by atoms with Crippen LogP contribution in [0.25, 0.3) is 0 Å². The number of halogens is 3. The molecule has 0 aliphatic carbocycles. The molecule has 0 aliphatic heterocycles. The van der Waals surface area contributed by atoms with Crippen LogP contribution in [0.15, 0.2) is 53.6 Å². The summed E-state index contributed by atoms with van der Waals surface area (Å²) in [4.78, 5) is 2.92. The molecule has 0 saturated carbocycles. The Morgan fingerprint density at radius 1 is 1.21 bits per heavy atom. The average Bonchev–Trinajstić information content (AvgIpc) is 3.06. The topological polar surface area (TPSA) is 71.1 Å². The summed E-state index contributed by atoms with van der Waals surface area (Å²) in [7, 11) is -4.31. The lowest BCUT2D eigenvalue weighted by atomic mass is 10.0. The number of hydrogen-bond acceptors (Lipinski definition) is 5. The van der Waals surface area contributed by atoms with Crippen LogP contribution in [0.5, 0.6) is 0 Å². The van der Waals surface area contributed by atoms with Gasteiger partial charge >= 0.3 is 0 Å². The van der Waals surface area contributed by atoms with Gasteiger partial charge < -0.3 is 5.32 Å². The monoisotopic (exact) mass is 443 g/mol. The van der Waals surface area contributed by atoms with Gasteiger partial charge in [-0.25, -0.2) is 17.8 Å². The lowest BCUT2D eigenvalue weighted by Gasteiger charge is -2.20. The highest BCUT2D eigenvalue weighted by Gasteiger charge is 2.23. The third kappa shape index (κ3) is 4.60. The van der Waals surface area contributed by atoms with E-state index in [1.54, 1.807) is 0 Å². The Morgan fingerprint density at radius 2 is 1.93 bits per heavy atom. The molecule has 2 N–H and O–H groups in total. The molecule has 3 rings (SSSR count). The van der Waals surface area contributed by atoms with Gasteiger partial charge in [0.1, 0.15) is 10.7 Å². The highest BCUT2D eigenvalue weighted by molar-refractivity contribution is 7.93. The van der Waals surface area contributed by atoms with E-state index in [0.717, 1.165) is 23.9 Å². The Labute approximate surface area is 170 Å². The fraction of sp³-hybridized carbons (Fsp3) is 0.167. The molecule has 0 radical (unpaired) electrons. The quantitative estimate of drug-likeness (QED) is 0.510. The van der Waals surface area contributed by atoms with Crippen molar-refractivity contribution in [3.05, 3.63) is 70.2 Å². The minimum absolute atomic E-state index is 0.0430. The van der Waals surface area contributed by atoms with E-state index in [0.29, 0.717) is 17.8 Å². The van der Waals surface area contributed by atoms with Gasteiger partial charge in [-0.1, -0.05) is 60.2 Å². The molecule has 1 atom stereocenters. The summed E-state index contributed by atoms with van der Waals surface area (Å²) in [5.41, 5.74) is 1.26. The number of anilines is 2. The van der Waals surface area contributed by atoms with Crippen molar-refractivity contribution in [2.24, 2.45) is 0 Å². The molecule has 0 saturated heterocycles. The molecule has 148 valence electrons. The largest absolute Gasteiger partial charge is 0.377 e. The summed E-state index contributed by atoms with van der Waals surface area (Å²) >= 11 is 6.70. The number of rotatable bonds is 7. The highest BCUT2D eigenvalue weighted by Crippen LogP contribution is 2.32. The van der Waals surface area contributed by atoms with Gasteiger partial charge in [-0.05, 0) is 24.1 Å². The van der Waals surface area contributed by atoms with Crippen LogP contribution < -0.4 is 10.0 Å². The van der Waals surface area contributed by atoms with Gasteiger partial charge in [0.15, 0.2) is 10.3 Å². The zero-order valence-electron chi connectivity index (χ0n) is 14.6. The summed E-state index contributed by atoms with van der Waals surface area (Å²) in [6.45, 7) is 1.96. The van der Waals surface area contributed by atoms with Crippen LogP contribution in [0.3, 0.4) is 0 Å². The Bertz CT molecular complexity index is 1080. The number of hydrogen-bond donors (Lipinski definition) is 2. The fourth-order valence-corrected chi connectivity index (χ4v) is 4.77. The first-order chi connectivity index (χ1) is 13.3. The van der Waals surface area contributed by atoms with Crippen LogP contribution in [-0.2, 0) is 10.0 Å². The first-order valence-corrected chi connectivity index (χ1v) is 10.9. The molecule has 1 heterocycles. The molecule has 28 heavy (non-hydrogen) atoms. The Kier molecular flexibility index (Phi) is 6.17. The maximum Gasteiger partial charge on any atom is 0.266 e. The second kappa shape index (κ2) is 8.42. The van der Waals surface area contributed by atoms with Crippen LogP contribution in [-0.4, -0.2) is 13.4 Å². The third-order valence-electron chi connectivity index (χ3n) is 3.95. The second-order valence-electron chi connectivity index (χ2n) is 5.85. The molecule has 0 spiro atoms. The molecule has 0 aliphatic rings. The summed E-state index contributed by atoms with van der Waals surface area (Å²) < 4.78 is 54.5. The smallest absolute Gasteiger partial charge is 0.266 e. The van der Waals surface area contributed by atoms with E-state index < -0.39 is 25.9 Å². The van der Waals surface area contributed by atoms with Crippen LogP contribution in [0.1, 0.15) is 24.9 Å². The minimum Gasteiger partial charge on any atom is -0.377 e. The van der Waals surface area contributed by atoms with E-state index in [-0.39, 0.29) is 21.9 Å². The Balaban J connectivity index is 1.88. The molecule has 1 aromatic heterocycles. The molecule has 5 nitrogen and oxygen atoms in total. The molecule has 2 aromatic carbocycles. The van der Waals surface area contributed by atoms with Gasteiger partial charge in [-0.15, -0.1) is 0 Å². The van der Waals surface area contributed by atoms with Gasteiger partial charge in [0.05, 0.1) is 22.9 Å². The molecule has 0 fully saturated rings. The predicted molar refractivity (Wildman–Crippen MR) is 107 cm³/mol. The molecular weight excluding hydrogens is 428 g/mol. The number of sulfonamides is 1. The average molecular weight is 444 g/mol. The van der Waals surface area contributed by atoms with Crippen molar-refractivity contribution in [1.82, 2.24) is 4.98 Å². The van der Waals surface area contributed by atoms with E-state index in [1.807, 2.05) is 42.0 Å². The van der Waals surface area contributed by atoms with E-state index in [1.165, 1.54) is 0 Å². The van der Waals surface area contributed by atoms with E-state index in [2.05, 4.69) is 10.3 Å². The molecule has 0 unspecified atom stereocenters. The van der Waals surface area contributed by atoms with Crippen molar-refractivity contribution in [3.8, 4) is 0 Å². The summed E-state index contributed by atoms with van der Waals surface area (Å²) in [6.07, 6.45) is 1.58. The standard InChI is InChI=1S/C18H16ClF2N3O2S2/c1-2-14(11-6-4-3-5-7-11)23-15-9-13(20)16(8-12(15)19)28(25,26)24-18-22-10-17(21)27-18/h3-10,14,23H,2H2,1H3,(H,22,24)/t14-/m0/s1. The first-order valence-electron chi connectivity index (χ1n) is 8.25. The molecule has 0 bridgehead atoms. The first kappa shape index (κ1) is 20.5. The zero-order chi connectivity index (χ0) is 20.3. The van der Waals surface area contributed by atoms with Crippen molar-refractivity contribution < 1.29 is 17.2 Å². The van der Waals surface area contributed by atoms with Crippen LogP contribution in [0.2, 0.25) is 5.02 Å². The molecule has 0 amide bonds. The second-order valence-corrected chi connectivity index (χ2v) is 8.89. The van der Waals surface area contributed by atoms with Gasteiger partial charge in [-0.3, -0.25) is 4.72 Å². The fourth-order valence-electron chi connectivity index (χ4n) is 2.61. The van der Waals surface area contributed by atoms with E-state index >= 15 is 0 Å². The number of aromatic nitrogens is 1. The predicted octanol–water partition coefficient (Wildman–Crippen LogP) is 5.44. The number of benzene rings is 2. The maximum absolute atomic E-state index is 14.6. The molecule has 3 aromatic rings. The van der Waals surface area contributed by atoms with Crippen molar-refractivity contribution in [3.63, 3.8) is 0 Å². The lowest BCUT2D eigenvalue weighted by molar-refractivity contribution is 0.570. The van der Waals surface area contributed by atoms with Gasteiger partial charge in [-0.2, -0.15) is 4.39 Å². The summed E-state index contributed by atoms with van der Waals surface area (Å²) in [5, 5.41) is 2.31.